The Morgan fingerprint density at radius 3 is 2.46 bits per heavy atom. The maximum absolute atomic E-state index is 10.8. The fourth-order valence-electron chi connectivity index (χ4n) is 1.31. The Labute approximate surface area is 75.6 Å². The van der Waals surface area contributed by atoms with Crippen LogP contribution < -0.4 is 5.73 Å². The van der Waals surface area contributed by atoms with Gasteiger partial charge >= 0.3 is 5.97 Å². The smallest absolute Gasteiger partial charge is 0.336 e. The van der Waals surface area contributed by atoms with Crippen LogP contribution in [0.25, 0.3) is 0 Å². The normalized spacial score (nSPS) is 10.0. The number of aromatic carboxylic acids is 1. The number of aromatic hydroxyl groups is 1. The zero-order valence-corrected chi connectivity index (χ0v) is 7.46. The summed E-state index contributed by atoms with van der Waals surface area (Å²) in [5.41, 5.74) is 6.68. The number of hydrogen-bond donors (Lipinski definition) is 3. The molecule has 70 valence electrons. The number of phenols is 1. The van der Waals surface area contributed by atoms with Gasteiger partial charge < -0.3 is 15.9 Å². The van der Waals surface area contributed by atoms with Crippen molar-refractivity contribution in [1.29, 1.82) is 0 Å². The molecule has 0 bridgehead atoms. The van der Waals surface area contributed by atoms with Crippen molar-refractivity contribution in [2.75, 3.05) is 5.73 Å². The molecule has 0 saturated carbocycles. The maximum Gasteiger partial charge on any atom is 0.336 e. The lowest BCUT2D eigenvalue weighted by Crippen LogP contribution is -2.05. The average molecular weight is 181 g/mol. The number of carboxylic acids is 1. The Bertz CT molecular complexity index is 372. The summed E-state index contributed by atoms with van der Waals surface area (Å²) in [6.07, 6.45) is 0. The standard InChI is InChI=1S/C9H11NO3/c1-4-3-6(11)8(10)5(2)7(4)9(12)13/h3,11H,10H2,1-2H3,(H,12,13). The lowest BCUT2D eigenvalue weighted by Gasteiger charge is -2.09. The number of benzene rings is 1. The summed E-state index contributed by atoms with van der Waals surface area (Å²) in [6.45, 7) is 3.20. The zero-order valence-electron chi connectivity index (χ0n) is 7.46. The molecule has 1 aromatic rings. The average Bonchev–Trinajstić information content (AvgIpc) is 1.99. The fraction of sp³-hybridized carbons (Fsp3) is 0.222. The number of hydrogen-bond acceptors (Lipinski definition) is 3. The third-order valence-corrected chi connectivity index (χ3v) is 2.02. The third kappa shape index (κ3) is 1.42. The number of aryl methyl sites for hydroxylation is 1. The van der Waals surface area contributed by atoms with Gasteiger partial charge in [-0.3, -0.25) is 0 Å². The van der Waals surface area contributed by atoms with E-state index in [1.54, 1.807) is 13.8 Å². The topological polar surface area (TPSA) is 83.5 Å². The number of carbonyl (C=O) groups is 1. The number of rotatable bonds is 1. The Hall–Kier alpha value is -1.71. The molecule has 1 aromatic carbocycles. The van der Waals surface area contributed by atoms with Crippen LogP contribution in [0.3, 0.4) is 0 Å². The summed E-state index contributed by atoms with van der Waals surface area (Å²) in [5.74, 6) is -1.10. The summed E-state index contributed by atoms with van der Waals surface area (Å²) in [7, 11) is 0. The molecule has 0 heterocycles. The van der Waals surface area contributed by atoms with Crippen LogP contribution >= 0.6 is 0 Å². The SMILES string of the molecule is Cc1cc(O)c(N)c(C)c1C(=O)O. The van der Waals surface area contributed by atoms with Crippen LogP contribution in [-0.2, 0) is 0 Å². The van der Waals surface area contributed by atoms with E-state index in [1.807, 2.05) is 0 Å². The first-order valence-electron chi connectivity index (χ1n) is 3.77. The maximum atomic E-state index is 10.8. The summed E-state index contributed by atoms with van der Waals surface area (Å²) in [6, 6.07) is 1.35. The van der Waals surface area contributed by atoms with Crippen LogP contribution in [-0.4, -0.2) is 16.2 Å². The van der Waals surface area contributed by atoms with E-state index in [1.165, 1.54) is 6.07 Å². The molecule has 0 aromatic heterocycles. The van der Waals surface area contributed by atoms with Gasteiger partial charge in [0, 0.05) is 0 Å². The van der Waals surface area contributed by atoms with E-state index in [9.17, 15) is 9.90 Å². The molecule has 13 heavy (non-hydrogen) atoms. The minimum Gasteiger partial charge on any atom is -0.506 e. The predicted octanol–water partition coefficient (Wildman–Crippen LogP) is 1.29. The summed E-state index contributed by atoms with van der Waals surface area (Å²) in [4.78, 5) is 10.8. The second kappa shape index (κ2) is 2.97. The molecule has 0 unspecified atom stereocenters. The Balaban J connectivity index is 3.53. The van der Waals surface area contributed by atoms with Gasteiger partial charge in [-0.1, -0.05) is 0 Å². The molecule has 4 heteroatoms. The number of nitrogens with two attached hydrogens (primary N) is 1. The van der Waals surface area contributed by atoms with Gasteiger partial charge in [-0.15, -0.1) is 0 Å². The van der Waals surface area contributed by atoms with Crippen LogP contribution in [0.4, 0.5) is 5.69 Å². The molecule has 0 fully saturated rings. The second-order valence-electron chi connectivity index (χ2n) is 2.93. The molecular formula is C9H11NO3. The van der Waals surface area contributed by atoms with Crippen LogP contribution in [0.1, 0.15) is 21.5 Å². The fourth-order valence-corrected chi connectivity index (χ4v) is 1.31. The largest absolute Gasteiger partial charge is 0.506 e. The highest BCUT2D eigenvalue weighted by atomic mass is 16.4. The van der Waals surface area contributed by atoms with Crippen molar-refractivity contribution in [2.24, 2.45) is 0 Å². The van der Waals surface area contributed by atoms with Gasteiger partial charge in [0.25, 0.3) is 0 Å². The first kappa shape index (κ1) is 9.38. The minimum atomic E-state index is -1.03. The summed E-state index contributed by atoms with van der Waals surface area (Å²) in [5, 5.41) is 18.1. The Kier molecular flexibility index (Phi) is 2.14. The van der Waals surface area contributed by atoms with Crippen molar-refractivity contribution in [3.8, 4) is 5.75 Å². The summed E-state index contributed by atoms with van der Waals surface area (Å²) < 4.78 is 0. The van der Waals surface area contributed by atoms with Crippen molar-refractivity contribution in [3.05, 3.63) is 22.8 Å². The van der Waals surface area contributed by atoms with Crippen molar-refractivity contribution < 1.29 is 15.0 Å². The van der Waals surface area contributed by atoms with Gasteiger partial charge in [0.1, 0.15) is 5.75 Å². The molecule has 0 amide bonds. The van der Waals surface area contributed by atoms with Gasteiger partial charge in [-0.2, -0.15) is 0 Å². The molecular weight excluding hydrogens is 170 g/mol. The first-order chi connectivity index (χ1) is 5.95. The number of carboxylic acid groups (broad SMARTS) is 1. The van der Waals surface area contributed by atoms with E-state index < -0.39 is 5.97 Å². The molecule has 0 atom stereocenters. The number of phenolic OH excluding ortho intramolecular Hbond substituents is 1. The molecule has 0 radical (unpaired) electrons. The Morgan fingerprint density at radius 1 is 1.46 bits per heavy atom. The van der Waals surface area contributed by atoms with Crippen molar-refractivity contribution in [2.45, 2.75) is 13.8 Å². The van der Waals surface area contributed by atoms with E-state index in [4.69, 9.17) is 10.8 Å². The van der Waals surface area contributed by atoms with E-state index in [0.717, 1.165) is 0 Å². The van der Waals surface area contributed by atoms with E-state index in [0.29, 0.717) is 11.1 Å². The number of nitrogen functional groups attached to an aromatic ring is 1. The van der Waals surface area contributed by atoms with E-state index in [2.05, 4.69) is 0 Å². The molecule has 0 aliphatic carbocycles. The van der Waals surface area contributed by atoms with Crippen molar-refractivity contribution in [1.82, 2.24) is 0 Å². The van der Waals surface area contributed by atoms with Gasteiger partial charge in [0.05, 0.1) is 11.3 Å². The summed E-state index contributed by atoms with van der Waals surface area (Å²) >= 11 is 0. The highest BCUT2D eigenvalue weighted by Crippen LogP contribution is 2.29. The van der Waals surface area contributed by atoms with Crippen molar-refractivity contribution >= 4 is 11.7 Å². The van der Waals surface area contributed by atoms with Crippen molar-refractivity contribution in [3.63, 3.8) is 0 Å². The minimum absolute atomic E-state index is 0.0694. The molecule has 4 N–H and O–H groups in total. The zero-order chi connectivity index (χ0) is 10.2. The number of anilines is 1. The lowest BCUT2D eigenvalue weighted by molar-refractivity contribution is 0.0695. The molecule has 0 aliphatic rings. The third-order valence-electron chi connectivity index (χ3n) is 2.02. The Morgan fingerprint density at radius 2 is 2.00 bits per heavy atom. The lowest BCUT2D eigenvalue weighted by atomic mass is 10.0. The first-order valence-corrected chi connectivity index (χ1v) is 3.77. The quantitative estimate of drug-likeness (QED) is 0.450. The highest BCUT2D eigenvalue weighted by Gasteiger charge is 2.15. The molecule has 0 aliphatic heterocycles. The second-order valence-corrected chi connectivity index (χ2v) is 2.93. The van der Waals surface area contributed by atoms with Crippen LogP contribution in [0, 0.1) is 13.8 Å². The van der Waals surface area contributed by atoms with Gasteiger partial charge in [-0.25, -0.2) is 4.79 Å². The van der Waals surface area contributed by atoms with Crippen LogP contribution in [0.5, 0.6) is 5.75 Å². The van der Waals surface area contributed by atoms with E-state index in [-0.39, 0.29) is 17.0 Å². The van der Waals surface area contributed by atoms with Gasteiger partial charge in [0.2, 0.25) is 0 Å². The molecule has 0 saturated heterocycles. The highest BCUT2D eigenvalue weighted by molar-refractivity contribution is 5.93. The molecule has 4 nitrogen and oxygen atoms in total. The molecule has 1 rings (SSSR count). The predicted molar refractivity (Wildman–Crippen MR) is 49.0 cm³/mol. The van der Waals surface area contributed by atoms with E-state index >= 15 is 0 Å². The van der Waals surface area contributed by atoms with Gasteiger partial charge in [0.15, 0.2) is 0 Å². The van der Waals surface area contributed by atoms with Crippen LogP contribution in [0.15, 0.2) is 6.07 Å². The molecule has 0 spiro atoms. The monoisotopic (exact) mass is 181 g/mol. The van der Waals surface area contributed by atoms with Gasteiger partial charge in [-0.05, 0) is 31.0 Å². The van der Waals surface area contributed by atoms with Crippen LogP contribution in [0.2, 0.25) is 0 Å².